The summed E-state index contributed by atoms with van der Waals surface area (Å²) in [6.07, 6.45) is -7.08. The third-order valence-corrected chi connectivity index (χ3v) is 1.93. The van der Waals surface area contributed by atoms with Crippen LogP contribution in [-0.4, -0.2) is 35.4 Å². The predicted octanol–water partition coefficient (Wildman–Crippen LogP) is 1.71. The maximum Gasteiger partial charge on any atom is 0.414 e. The molecular weight excluding hydrogens is 241 g/mol. The van der Waals surface area contributed by atoms with Crippen LogP contribution in [-0.2, 0) is 4.74 Å². The van der Waals surface area contributed by atoms with Crippen molar-refractivity contribution in [3.8, 4) is 0 Å². The molecule has 1 N–H and O–H groups in total. The Kier molecular flexibility index (Phi) is 5.12. The standard InChI is InChI=1S/C6H10BrF3O2/c1-4(6(8,9)10)12-3-5(11)2-7/h4-5,11H,2-3H2,1H3. The molecule has 0 fully saturated rings. The molecule has 0 bridgehead atoms. The van der Waals surface area contributed by atoms with Crippen molar-refractivity contribution >= 4 is 15.9 Å². The number of alkyl halides is 4. The Morgan fingerprint density at radius 1 is 1.50 bits per heavy atom. The molecule has 0 radical (unpaired) electrons. The van der Waals surface area contributed by atoms with Crippen LogP contribution in [0.2, 0.25) is 0 Å². The van der Waals surface area contributed by atoms with Gasteiger partial charge in [0.2, 0.25) is 0 Å². The summed E-state index contributed by atoms with van der Waals surface area (Å²) in [5, 5.41) is 9.04. The molecule has 0 spiro atoms. The molecule has 0 amide bonds. The smallest absolute Gasteiger partial charge is 0.390 e. The molecule has 0 heterocycles. The first kappa shape index (κ1) is 12.2. The SMILES string of the molecule is CC(OCC(O)CBr)C(F)(F)F. The van der Waals surface area contributed by atoms with E-state index in [-0.39, 0.29) is 11.9 Å². The minimum Gasteiger partial charge on any atom is -0.390 e. The van der Waals surface area contributed by atoms with Gasteiger partial charge >= 0.3 is 6.18 Å². The van der Waals surface area contributed by atoms with Crippen molar-refractivity contribution in [1.29, 1.82) is 0 Å². The number of halogens is 4. The molecule has 0 aromatic carbocycles. The number of rotatable bonds is 4. The van der Waals surface area contributed by atoms with Gasteiger partial charge in [0, 0.05) is 5.33 Å². The largest absolute Gasteiger partial charge is 0.414 e. The number of hydrogen-bond acceptors (Lipinski definition) is 2. The van der Waals surface area contributed by atoms with Gasteiger partial charge < -0.3 is 9.84 Å². The number of aliphatic hydroxyl groups excluding tert-OH is 1. The van der Waals surface area contributed by atoms with E-state index in [0.29, 0.717) is 0 Å². The summed E-state index contributed by atoms with van der Waals surface area (Å²) in [5.41, 5.74) is 0. The van der Waals surface area contributed by atoms with Crippen molar-refractivity contribution in [3.05, 3.63) is 0 Å². The van der Waals surface area contributed by atoms with E-state index >= 15 is 0 Å². The van der Waals surface area contributed by atoms with Gasteiger partial charge in [0.1, 0.15) is 0 Å². The lowest BCUT2D eigenvalue weighted by Gasteiger charge is -2.17. The predicted molar refractivity (Wildman–Crippen MR) is 41.3 cm³/mol. The van der Waals surface area contributed by atoms with E-state index in [1.54, 1.807) is 0 Å². The zero-order valence-corrected chi connectivity index (χ0v) is 8.02. The van der Waals surface area contributed by atoms with E-state index < -0.39 is 18.4 Å². The minimum atomic E-state index is -4.36. The fourth-order valence-electron chi connectivity index (χ4n) is 0.394. The van der Waals surface area contributed by atoms with E-state index in [2.05, 4.69) is 20.7 Å². The topological polar surface area (TPSA) is 29.5 Å². The zero-order chi connectivity index (χ0) is 9.78. The number of hydrogen-bond donors (Lipinski definition) is 1. The summed E-state index contributed by atoms with van der Waals surface area (Å²) in [6.45, 7) is 0.590. The van der Waals surface area contributed by atoms with Crippen LogP contribution in [0.1, 0.15) is 6.92 Å². The first-order chi connectivity index (χ1) is 5.38. The van der Waals surface area contributed by atoms with Crippen molar-refractivity contribution < 1.29 is 23.0 Å². The zero-order valence-electron chi connectivity index (χ0n) is 6.44. The minimum absolute atomic E-state index is 0.206. The number of aliphatic hydroxyl groups is 1. The number of ether oxygens (including phenoxy) is 1. The molecule has 74 valence electrons. The van der Waals surface area contributed by atoms with Crippen molar-refractivity contribution in [1.82, 2.24) is 0 Å². The van der Waals surface area contributed by atoms with Crippen LogP contribution in [0.25, 0.3) is 0 Å². The summed E-state index contributed by atoms with van der Waals surface area (Å²) in [4.78, 5) is 0. The molecule has 12 heavy (non-hydrogen) atoms. The second-order valence-electron chi connectivity index (χ2n) is 2.33. The van der Waals surface area contributed by atoms with Crippen LogP contribution < -0.4 is 0 Å². The van der Waals surface area contributed by atoms with E-state index in [1.807, 2.05) is 0 Å². The summed E-state index contributed by atoms with van der Waals surface area (Å²) >= 11 is 2.90. The molecule has 0 aliphatic rings. The molecule has 0 saturated heterocycles. The van der Waals surface area contributed by atoms with Gasteiger partial charge in [-0.15, -0.1) is 0 Å². The Bertz CT molecular complexity index is 128. The fourth-order valence-corrected chi connectivity index (χ4v) is 0.581. The highest BCUT2D eigenvalue weighted by Gasteiger charge is 2.37. The van der Waals surface area contributed by atoms with Gasteiger partial charge in [-0.1, -0.05) is 15.9 Å². The quantitative estimate of drug-likeness (QED) is 0.770. The summed E-state index contributed by atoms with van der Waals surface area (Å²) in [5.74, 6) is 0. The fraction of sp³-hybridized carbons (Fsp3) is 1.00. The van der Waals surface area contributed by atoms with Gasteiger partial charge in [0.05, 0.1) is 12.7 Å². The van der Waals surface area contributed by atoms with Crippen molar-refractivity contribution in [2.75, 3.05) is 11.9 Å². The lowest BCUT2D eigenvalue weighted by molar-refractivity contribution is -0.218. The van der Waals surface area contributed by atoms with Gasteiger partial charge in [-0.25, -0.2) is 0 Å². The van der Waals surface area contributed by atoms with Crippen molar-refractivity contribution in [3.63, 3.8) is 0 Å². The summed E-state index contributed by atoms with van der Waals surface area (Å²) in [7, 11) is 0. The van der Waals surface area contributed by atoms with Crippen LogP contribution in [0, 0.1) is 0 Å². The Hall–Kier alpha value is 0.190. The van der Waals surface area contributed by atoms with Crippen molar-refractivity contribution in [2.45, 2.75) is 25.3 Å². The monoisotopic (exact) mass is 250 g/mol. The van der Waals surface area contributed by atoms with Crippen LogP contribution in [0.3, 0.4) is 0 Å². The van der Waals surface area contributed by atoms with Gasteiger partial charge in [-0.3, -0.25) is 0 Å². The van der Waals surface area contributed by atoms with Crippen LogP contribution in [0.5, 0.6) is 0 Å². The summed E-state index contributed by atoms with van der Waals surface area (Å²) < 4.78 is 39.7. The maximum absolute atomic E-state index is 11.8. The van der Waals surface area contributed by atoms with E-state index in [4.69, 9.17) is 5.11 Å². The highest BCUT2D eigenvalue weighted by molar-refractivity contribution is 9.09. The summed E-state index contributed by atoms with van der Waals surface area (Å²) in [6, 6.07) is 0. The molecule has 2 unspecified atom stereocenters. The third-order valence-electron chi connectivity index (χ3n) is 1.18. The Morgan fingerprint density at radius 2 is 2.00 bits per heavy atom. The molecule has 0 rings (SSSR count). The van der Waals surface area contributed by atoms with Gasteiger partial charge in [0.25, 0.3) is 0 Å². The molecule has 0 saturated carbocycles. The Labute approximate surface area is 76.8 Å². The van der Waals surface area contributed by atoms with Gasteiger partial charge in [-0.2, -0.15) is 13.2 Å². The van der Waals surface area contributed by atoms with E-state index in [0.717, 1.165) is 6.92 Å². The third kappa shape index (κ3) is 4.95. The van der Waals surface area contributed by atoms with E-state index in [9.17, 15) is 13.2 Å². The van der Waals surface area contributed by atoms with Crippen LogP contribution in [0.15, 0.2) is 0 Å². The molecule has 0 aromatic heterocycles. The molecular formula is C6H10BrF3O2. The molecule has 2 atom stereocenters. The second kappa shape index (κ2) is 5.04. The van der Waals surface area contributed by atoms with E-state index in [1.165, 1.54) is 0 Å². The maximum atomic E-state index is 11.8. The average molecular weight is 251 g/mol. The molecule has 2 nitrogen and oxygen atoms in total. The van der Waals surface area contributed by atoms with Crippen molar-refractivity contribution in [2.24, 2.45) is 0 Å². The first-order valence-electron chi connectivity index (χ1n) is 3.30. The lowest BCUT2D eigenvalue weighted by Crippen LogP contribution is -2.31. The molecule has 0 aliphatic carbocycles. The van der Waals surface area contributed by atoms with Crippen LogP contribution >= 0.6 is 15.9 Å². The Morgan fingerprint density at radius 3 is 2.33 bits per heavy atom. The Balaban J connectivity index is 3.64. The highest BCUT2D eigenvalue weighted by Crippen LogP contribution is 2.22. The van der Waals surface area contributed by atoms with Gasteiger partial charge in [0.15, 0.2) is 6.10 Å². The normalized spacial score (nSPS) is 17.5. The molecule has 0 aromatic rings. The average Bonchev–Trinajstić information content (AvgIpc) is 1.97. The van der Waals surface area contributed by atoms with Gasteiger partial charge in [-0.05, 0) is 6.92 Å². The second-order valence-corrected chi connectivity index (χ2v) is 2.97. The first-order valence-corrected chi connectivity index (χ1v) is 4.42. The van der Waals surface area contributed by atoms with Crippen LogP contribution in [0.4, 0.5) is 13.2 Å². The highest BCUT2D eigenvalue weighted by atomic mass is 79.9. The lowest BCUT2D eigenvalue weighted by atomic mass is 10.4. The molecule has 0 aliphatic heterocycles. The molecule has 6 heteroatoms.